The van der Waals surface area contributed by atoms with Gasteiger partial charge in [-0.15, -0.1) is 0 Å². The molecule has 1 aromatic carbocycles. The van der Waals surface area contributed by atoms with Crippen molar-refractivity contribution in [2.45, 2.75) is 19.3 Å². The second kappa shape index (κ2) is 7.16. The van der Waals surface area contributed by atoms with Crippen molar-refractivity contribution in [3.05, 3.63) is 30.5 Å². The molecule has 0 bridgehead atoms. The fourth-order valence-electron chi connectivity index (χ4n) is 2.68. The second-order valence-electron chi connectivity index (χ2n) is 5.44. The third-order valence-corrected chi connectivity index (χ3v) is 3.89. The van der Waals surface area contributed by atoms with Crippen LogP contribution in [0.15, 0.2) is 30.5 Å². The fourth-order valence-corrected chi connectivity index (χ4v) is 2.68. The molecule has 1 saturated heterocycles. The summed E-state index contributed by atoms with van der Waals surface area (Å²) in [4.78, 5) is 22.4. The SMILES string of the molecule is COc1ccnc(Nc2ccc(OC)c(N3CCCCC3=O)c2)n1. The lowest BCUT2D eigenvalue weighted by Crippen LogP contribution is -2.35. The summed E-state index contributed by atoms with van der Waals surface area (Å²) in [5.41, 5.74) is 1.53. The van der Waals surface area contributed by atoms with E-state index in [1.165, 1.54) is 0 Å². The van der Waals surface area contributed by atoms with Crippen molar-refractivity contribution in [1.29, 1.82) is 0 Å². The Morgan fingerprint density at radius 1 is 1.17 bits per heavy atom. The zero-order chi connectivity index (χ0) is 16.9. The van der Waals surface area contributed by atoms with Crippen LogP contribution < -0.4 is 19.7 Å². The van der Waals surface area contributed by atoms with E-state index in [1.54, 1.807) is 31.4 Å². The van der Waals surface area contributed by atoms with Crippen molar-refractivity contribution in [2.24, 2.45) is 0 Å². The molecule has 0 spiro atoms. The second-order valence-corrected chi connectivity index (χ2v) is 5.44. The topological polar surface area (TPSA) is 76.6 Å². The molecule has 0 aliphatic carbocycles. The summed E-state index contributed by atoms with van der Waals surface area (Å²) in [6.45, 7) is 0.703. The molecule has 1 N–H and O–H groups in total. The van der Waals surface area contributed by atoms with E-state index in [-0.39, 0.29) is 5.91 Å². The Morgan fingerprint density at radius 3 is 2.79 bits per heavy atom. The van der Waals surface area contributed by atoms with Crippen LogP contribution in [0.1, 0.15) is 19.3 Å². The molecule has 0 atom stereocenters. The molecule has 1 fully saturated rings. The van der Waals surface area contributed by atoms with Crippen LogP contribution in [-0.4, -0.2) is 36.6 Å². The summed E-state index contributed by atoms with van der Waals surface area (Å²) >= 11 is 0. The summed E-state index contributed by atoms with van der Waals surface area (Å²) < 4.78 is 10.5. The molecular weight excluding hydrogens is 308 g/mol. The van der Waals surface area contributed by atoms with E-state index in [1.807, 2.05) is 18.2 Å². The molecule has 3 rings (SSSR count). The molecule has 2 aromatic rings. The highest BCUT2D eigenvalue weighted by atomic mass is 16.5. The maximum absolute atomic E-state index is 12.2. The number of methoxy groups -OCH3 is 2. The molecular formula is C17H20N4O3. The van der Waals surface area contributed by atoms with Crippen LogP contribution in [0.3, 0.4) is 0 Å². The van der Waals surface area contributed by atoms with Gasteiger partial charge in [-0.1, -0.05) is 0 Å². The van der Waals surface area contributed by atoms with Crippen molar-refractivity contribution in [3.63, 3.8) is 0 Å². The first-order chi connectivity index (χ1) is 11.7. The van der Waals surface area contributed by atoms with Crippen LogP contribution in [0, 0.1) is 0 Å². The minimum Gasteiger partial charge on any atom is -0.495 e. The third kappa shape index (κ3) is 3.40. The van der Waals surface area contributed by atoms with Gasteiger partial charge in [-0.3, -0.25) is 4.79 Å². The first-order valence-corrected chi connectivity index (χ1v) is 7.83. The number of benzene rings is 1. The van der Waals surface area contributed by atoms with Crippen LogP contribution in [0.25, 0.3) is 0 Å². The Bertz CT molecular complexity index is 736. The lowest BCUT2D eigenvalue weighted by atomic mass is 10.1. The molecule has 0 saturated carbocycles. The third-order valence-electron chi connectivity index (χ3n) is 3.89. The largest absolute Gasteiger partial charge is 0.495 e. The van der Waals surface area contributed by atoms with E-state index < -0.39 is 0 Å². The number of ether oxygens (including phenoxy) is 2. The van der Waals surface area contributed by atoms with Gasteiger partial charge in [0.15, 0.2) is 0 Å². The van der Waals surface area contributed by atoms with E-state index in [0.717, 1.165) is 24.2 Å². The number of carbonyl (C=O) groups excluding carboxylic acids is 1. The van der Waals surface area contributed by atoms with E-state index >= 15 is 0 Å². The Labute approximate surface area is 140 Å². The Kier molecular flexibility index (Phi) is 4.79. The maximum Gasteiger partial charge on any atom is 0.230 e. The lowest BCUT2D eigenvalue weighted by molar-refractivity contribution is -0.119. The minimum absolute atomic E-state index is 0.120. The quantitative estimate of drug-likeness (QED) is 0.909. The summed E-state index contributed by atoms with van der Waals surface area (Å²) in [6, 6.07) is 7.25. The van der Waals surface area contributed by atoms with E-state index in [0.29, 0.717) is 30.5 Å². The summed E-state index contributed by atoms with van der Waals surface area (Å²) in [5.74, 6) is 1.69. The zero-order valence-corrected chi connectivity index (χ0v) is 13.8. The summed E-state index contributed by atoms with van der Waals surface area (Å²) in [5, 5.41) is 3.13. The fraction of sp³-hybridized carbons (Fsp3) is 0.353. The molecule has 24 heavy (non-hydrogen) atoms. The highest BCUT2D eigenvalue weighted by molar-refractivity contribution is 5.96. The molecule has 1 aliphatic heterocycles. The van der Waals surface area contributed by atoms with E-state index in [4.69, 9.17) is 9.47 Å². The Hall–Kier alpha value is -2.83. The minimum atomic E-state index is 0.120. The van der Waals surface area contributed by atoms with E-state index in [9.17, 15) is 4.79 Å². The molecule has 7 nitrogen and oxygen atoms in total. The van der Waals surface area contributed by atoms with Crippen LogP contribution >= 0.6 is 0 Å². The van der Waals surface area contributed by atoms with Crippen molar-refractivity contribution in [1.82, 2.24) is 9.97 Å². The van der Waals surface area contributed by atoms with Crippen molar-refractivity contribution >= 4 is 23.2 Å². The average Bonchev–Trinajstić information content (AvgIpc) is 2.62. The number of carbonyl (C=O) groups is 1. The van der Waals surface area contributed by atoms with Gasteiger partial charge in [-0.2, -0.15) is 4.98 Å². The van der Waals surface area contributed by atoms with Crippen LogP contribution in [0.5, 0.6) is 11.6 Å². The average molecular weight is 328 g/mol. The van der Waals surface area contributed by atoms with Gasteiger partial charge >= 0.3 is 0 Å². The summed E-state index contributed by atoms with van der Waals surface area (Å²) in [7, 11) is 3.16. The number of hydrogen-bond acceptors (Lipinski definition) is 6. The van der Waals surface area contributed by atoms with Gasteiger partial charge in [0, 0.05) is 30.9 Å². The molecule has 1 amide bonds. The smallest absolute Gasteiger partial charge is 0.230 e. The van der Waals surface area contributed by atoms with Gasteiger partial charge < -0.3 is 19.7 Å². The standard InChI is InChI=1S/C17H20N4O3/c1-23-14-7-6-12(19-17-18-9-8-15(20-17)24-2)11-13(14)21-10-4-3-5-16(21)22/h6-9,11H,3-5,10H2,1-2H3,(H,18,19,20). The van der Waals surface area contributed by atoms with Gasteiger partial charge in [0.1, 0.15) is 5.75 Å². The van der Waals surface area contributed by atoms with Gasteiger partial charge in [0.05, 0.1) is 19.9 Å². The highest BCUT2D eigenvalue weighted by Gasteiger charge is 2.23. The number of hydrogen-bond donors (Lipinski definition) is 1. The number of piperidine rings is 1. The Balaban J connectivity index is 1.89. The number of amides is 1. The first-order valence-electron chi connectivity index (χ1n) is 7.83. The number of rotatable bonds is 5. The zero-order valence-electron chi connectivity index (χ0n) is 13.8. The normalized spacial score (nSPS) is 14.4. The Morgan fingerprint density at radius 2 is 2.04 bits per heavy atom. The van der Waals surface area contributed by atoms with Crippen LogP contribution in [0.4, 0.5) is 17.3 Å². The number of aromatic nitrogens is 2. The highest BCUT2D eigenvalue weighted by Crippen LogP contribution is 2.34. The molecule has 0 unspecified atom stereocenters. The lowest BCUT2D eigenvalue weighted by Gasteiger charge is -2.28. The van der Waals surface area contributed by atoms with Crippen molar-refractivity contribution in [2.75, 3.05) is 31.0 Å². The van der Waals surface area contributed by atoms with Gasteiger partial charge in [0.2, 0.25) is 17.7 Å². The van der Waals surface area contributed by atoms with Gasteiger partial charge in [-0.05, 0) is 31.0 Å². The maximum atomic E-state index is 12.2. The van der Waals surface area contributed by atoms with Crippen LogP contribution in [0.2, 0.25) is 0 Å². The predicted molar refractivity (Wildman–Crippen MR) is 91.1 cm³/mol. The van der Waals surface area contributed by atoms with E-state index in [2.05, 4.69) is 15.3 Å². The molecule has 7 heteroatoms. The van der Waals surface area contributed by atoms with Crippen molar-refractivity contribution < 1.29 is 14.3 Å². The summed E-state index contributed by atoms with van der Waals surface area (Å²) in [6.07, 6.45) is 4.12. The number of nitrogens with zero attached hydrogens (tertiary/aromatic N) is 3. The van der Waals surface area contributed by atoms with Gasteiger partial charge in [-0.25, -0.2) is 4.98 Å². The van der Waals surface area contributed by atoms with Crippen molar-refractivity contribution in [3.8, 4) is 11.6 Å². The molecule has 0 radical (unpaired) electrons. The first kappa shape index (κ1) is 16.0. The van der Waals surface area contributed by atoms with Gasteiger partial charge in [0.25, 0.3) is 0 Å². The monoisotopic (exact) mass is 328 g/mol. The van der Waals surface area contributed by atoms with Crippen LogP contribution in [-0.2, 0) is 4.79 Å². The predicted octanol–water partition coefficient (Wildman–Crippen LogP) is 2.75. The molecule has 1 aliphatic rings. The number of nitrogens with one attached hydrogen (secondary N) is 1. The number of anilines is 3. The molecule has 2 heterocycles. The molecule has 1 aromatic heterocycles. The molecule has 126 valence electrons.